The summed E-state index contributed by atoms with van der Waals surface area (Å²) in [7, 11) is 0. The smallest absolute Gasteiger partial charge is 0.237 e. The standard InChI is InChI=1S/C17H13N5OS2/c1-3-7-12(8-4-1)15-19-14(23-22-15)11-24-17-21-20-16(25-17)18-13-9-5-2-6-10-13/h1-10H,11H2,(H,18,20). The summed E-state index contributed by atoms with van der Waals surface area (Å²) >= 11 is 3.01. The Balaban J connectivity index is 1.37. The van der Waals surface area contributed by atoms with Gasteiger partial charge in [-0.1, -0.05) is 76.8 Å². The molecule has 0 radical (unpaired) electrons. The Kier molecular flexibility index (Phi) is 4.71. The van der Waals surface area contributed by atoms with Gasteiger partial charge in [0.15, 0.2) is 4.34 Å². The highest BCUT2D eigenvalue weighted by Gasteiger charge is 2.11. The summed E-state index contributed by atoms with van der Waals surface area (Å²) in [5.41, 5.74) is 1.92. The van der Waals surface area contributed by atoms with E-state index in [2.05, 4.69) is 25.7 Å². The Morgan fingerprint density at radius 2 is 1.72 bits per heavy atom. The van der Waals surface area contributed by atoms with Crippen molar-refractivity contribution in [3.63, 3.8) is 0 Å². The van der Waals surface area contributed by atoms with Crippen LogP contribution in [0.15, 0.2) is 69.5 Å². The van der Waals surface area contributed by atoms with Crippen LogP contribution < -0.4 is 5.32 Å². The van der Waals surface area contributed by atoms with E-state index in [4.69, 9.17) is 4.52 Å². The lowest BCUT2D eigenvalue weighted by atomic mass is 10.2. The fourth-order valence-corrected chi connectivity index (χ4v) is 3.71. The van der Waals surface area contributed by atoms with E-state index in [1.165, 1.54) is 23.1 Å². The van der Waals surface area contributed by atoms with Gasteiger partial charge in [-0.25, -0.2) is 0 Å². The first-order chi connectivity index (χ1) is 12.4. The molecule has 8 heteroatoms. The van der Waals surface area contributed by atoms with Crippen molar-refractivity contribution in [1.29, 1.82) is 0 Å². The van der Waals surface area contributed by atoms with Crippen LogP contribution in [0.25, 0.3) is 11.4 Å². The van der Waals surface area contributed by atoms with Gasteiger partial charge in [-0.2, -0.15) is 4.98 Å². The van der Waals surface area contributed by atoms with Gasteiger partial charge >= 0.3 is 0 Å². The van der Waals surface area contributed by atoms with Crippen molar-refractivity contribution in [3.05, 3.63) is 66.6 Å². The molecule has 4 rings (SSSR count). The molecule has 2 heterocycles. The largest absolute Gasteiger partial charge is 0.338 e. The van der Waals surface area contributed by atoms with E-state index in [0.29, 0.717) is 17.5 Å². The van der Waals surface area contributed by atoms with Crippen LogP contribution in [0, 0.1) is 0 Å². The monoisotopic (exact) mass is 367 g/mol. The highest BCUT2D eigenvalue weighted by atomic mass is 32.2. The molecule has 0 saturated heterocycles. The third-order valence-corrected chi connectivity index (χ3v) is 5.21. The molecular weight excluding hydrogens is 354 g/mol. The number of anilines is 2. The molecule has 0 aliphatic carbocycles. The number of rotatable bonds is 6. The minimum absolute atomic E-state index is 0.555. The second kappa shape index (κ2) is 7.45. The predicted octanol–water partition coefficient (Wildman–Crippen LogP) is 4.62. The Hall–Kier alpha value is -2.71. The highest BCUT2D eigenvalue weighted by Crippen LogP contribution is 2.29. The number of nitrogens with one attached hydrogen (secondary N) is 1. The van der Waals surface area contributed by atoms with Crippen molar-refractivity contribution in [1.82, 2.24) is 20.3 Å². The van der Waals surface area contributed by atoms with Crippen molar-refractivity contribution in [2.45, 2.75) is 10.1 Å². The van der Waals surface area contributed by atoms with Gasteiger partial charge in [-0.05, 0) is 12.1 Å². The van der Waals surface area contributed by atoms with Gasteiger partial charge in [0, 0.05) is 11.3 Å². The van der Waals surface area contributed by atoms with Gasteiger partial charge in [0.1, 0.15) is 0 Å². The second-order valence-corrected chi connectivity index (χ2v) is 7.23. The summed E-state index contributed by atoms with van der Waals surface area (Å²) in [6.45, 7) is 0. The lowest BCUT2D eigenvalue weighted by Crippen LogP contribution is -1.87. The van der Waals surface area contributed by atoms with Crippen molar-refractivity contribution in [3.8, 4) is 11.4 Å². The summed E-state index contributed by atoms with van der Waals surface area (Å²) in [6, 6.07) is 19.6. The van der Waals surface area contributed by atoms with Crippen LogP contribution in [0.4, 0.5) is 10.8 Å². The average Bonchev–Trinajstić information content (AvgIpc) is 3.31. The summed E-state index contributed by atoms with van der Waals surface area (Å²) < 4.78 is 6.15. The molecule has 124 valence electrons. The minimum atomic E-state index is 0.555. The van der Waals surface area contributed by atoms with Gasteiger partial charge in [0.05, 0.1) is 5.75 Å². The molecule has 0 unspecified atom stereocenters. The predicted molar refractivity (Wildman–Crippen MR) is 98.9 cm³/mol. The van der Waals surface area contributed by atoms with E-state index in [1.807, 2.05) is 60.7 Å². The molecule has 0 fully saturated rings. The molecule has 0 spiro atoms. The molecule has 6 nitrogen and oxygen atoms in total. The average molecular weight is 367 g/mol. The zero-order valence-corrected chi connectivity index (χ0v) is 14.6. The number of para-hydroxylation sites is 1. The Morgan fingerprint density at radius 3 is 2.52 bits per heavy atom. The summed E-state index contributed by atoms with van der Waals surface area (Å²) in [5.74, 6) is 1.72. The van der Waals surface area contributed by atoms with Crippen molar-refractivity contribution < 1.29 is 4.52 Å². The first-order valence-corrected chi connectivity index (χ1v) is 9.33. The normalized spacial score (nSPS) is 10.7. The van der Waals surface area contributed by atoms with Gasteiger partial charge in [-0.3, -0.25) is 0 Å². The van der Waals surface area contributed by atoms with E-state index >= 15 is 0 Å². The van der Waals surface area contributed by atoms with E-state index in [-0.39, 0.29) is 0 Å². The van der Waals surface area contributed by atoms with Gasteiger partial charge in [-0.15, -0.1) is 10.2 Å². The lowest BCUT2D eigenvalue weighted by Gasteiger charge is -1.99. The fourth-order valence-electron chi connectivity index (χ4n) is 2.11. The van der Waals surface area contributed by atoms with E-state index in [0.717, 1.165) is 20.7 Å². The molecule has 2 aromatic carbocycles. The molecule has 1 N–H and O–H groups in total. The molecule has 0 aliphatic heterocycles. The number of nitrogens with zero attached hydrogens (tertiary/aromatic N) is 4. The quantitative estimate of drug-likeness (QED) is 0.498. The molecule has 0 atom stereocenters. The molecule has 4 aromatic rings. The van der Waals surface area contributed by atoms with E-state index in [1.54, 1.807) is 0 Å². The molecule has 0 saturated carbocycles. The summed E-state index contributed by atoms with van der Waals surface area (Å²) in [6.07, 6.45) is 0. The Bertz CT molecular complexity index is 940. The molecular formula is C17H13N5OS2. The van der Waals surface area contributed by atoms with Gasteiger partial charge in [0.2, 0.25) is 16.8 Å². The maximum Gasteiger partial charge on any atom is 0.237 e. The second-order valence-electron chi connectivity index (χ2n) is 5.03. The Labute approximate surface area is 152 Å². The number of benzene rings is 2. The molecule has 2 aromatic heterocycles. The van der Waals surface area contributed by atoms with Gasteiger partial charge < -0.3 is 9.84 Å². The van der Waals surface area contributed by atoms with Gasteiger partial charge in [0.25, 0.3) is 0 Å². The zero-order valence-electron chi connectivity index (χ0n) is 13.0. The fraction of sp³-hybridized carbons (Fsp3) is 0.0588. The van der Waals surface area contributed by atoms with Crippen LogP contribution in [0.5, 0.6) is 0 Å². The lowest BCUT2D eigenvalue weighted by molar-refractivity contribution is 0.391. The topological polar surface area (TPSA) is 76.7 Å². The zero-order chi connectivity index (χ0) is 16.9. The van der Waals surface area contributed by atoms with Crippen LogP contribution >= 0.6 is 23.1 Å². The SMILES string of the molecule is c1ccc(Nc2nnc(SCc3nc(-c4ccccc4)no3)s2)cc1. The van der Waals surface area contributed by atoms with Crippen LogP contribution in [-0.2, 0) is 5.75 Å². The van der Waals surface area contributed by atoms with E-state index in [9.17, 15) is 0 Å². The maximum atomic E-state index is 5.30. The molecule has 0 amide bonds. The van der Waals surface area contributed by atoms with Crippen molar-refractivity contribution in [2.75, 3.05) is 5.32 Å². The van der Waals surface area contributed by atoms with Crippen LogP contribution in [0.1, 0.15) is 5.89 Å². The highest BCUT2D eigenvalue weighted by molar-refractivity contribution is 8.00. The third-order valence-electron chi connectivity index (χ3n) is 3.25. The molecule has 0 bridgehead atoms. The van der Waals surface area contributed by atoms with Crippen molar-refractivity contribution in [2.24, 2.45) is 0 Å². The number of hydrogen-bond donors (Lipinski definition) is 1. The number of thioether (sulfide) groups is 1. The number of hydrogen-bond acceptors (Lipinski definition) is 8. The number of aromatic nitrogens is 4. The summed E-state index contributed by atoms with van der Waals surface area (Å²) in [4.78, 5) is 4.41. The molecule has 0 aliphatic rings. The first-order valence-electron chi connectivity index (χ1n) is 7.53. The first kappa shape index (κ1) is 15.8. The maximum absolute atomic E-state index is 5.30. The van der Waals surface area contributed by atoms with E-state index < -0.39 is 0 Å². The molecule has 25 heavy (non-hydrogen) atoms. The minimum Gasteiger partial charge on any atom is -0.338 e. The van der Waals surface area contributed by atoms with Crippen LogP contribution in [0.2, 0.25) is 0 Å². The van der Waals surface area contributed by atoms with Crippen LogP contribution in [-0.4, -0.2) is 20.3 Å². The summed E-state index contributed by atoms with van der Waals surface area (Å²) in [5, 5.41) is 16.3. The van der Waals surface area contributed by atoms with Crippen LogP contribution in [0.3, 0.4) is 0 Å². The Morgan fingerprint density at radius 1 is 0.960 bits per heavy atom. The van der Waals surface area contributed by atoms with Crippen molar-refractivity contribution >= 4 is 33.9 Å². The third kappa shape index (κ3) is 4.04.